The molecular weight excluding hydrogens is 448 g/mol. The lowest BCUT2D eigenvalue weighted by atomic mass is 9.92. The van der Waals surface area contributed by atoms with Gasteiger partial charge >= 0.3 is 0 Å². The molecule has 1 aromatic heterocycles. The topological polar surface area (TPSA) is 104 Å². The lowest BCUT2D eigenvalue weighted by Gasteiger charge is -2.24. The van der Waals surface area contributed by atoms with Crippen LogP contribution in [-0.2, 0) is 15.3 Å². The fraction of sp³-hybridized carbons (Fsp3) is 0.217. The van der Waals surface area contributed by atoms with Crippen molar-refractivity contribution in [3.8, 4) is 0 Å². The fourth-order valence-electron chi connectivity index (χ4n) is 3.55. The SMILES string of the molecule is Cc1ccc(NC(=O)C2CC(=O)Nc3nc(SCc4ccc(Cl)cc4)[nH]c(=O)c32)c(C)c1. The molecule has 3 aromatic rings. The first-order chi connectivity index (χ1) is 15.3. The molecule has 0 fully saturated rings. The van der Waals surface area contributed by atoms with E-state index in [9.17, 15) is 14.4 Å². The van der Waals surface area contributed by atoms with Crippen molar-refractivity contribution in [2.75, 3.05) is 10.6 Å². The third kappa shape index (κ3) is 4.87. The summed E-state index contributed by atoms with van der Waals surface area (Å²) in [6.07, 6.45) is -0.119. The molecule has 0 saturated carbocycles. The first-order valence-corrected chi connectivity index (χ1v) is 11.4. The van der Waals surface area contributed by atoms with Crippen LogP contribution in [0.3, 0.4) is 0 Å². The summed E-state index contributed by atoms with van der Waals surface area (Å²) in [5, 5.41) is 6.49. The molecule has 4 rings (SSSR count). The number of thioether (sulfide) groups is 1. The second-order valence-electron chi connectivity index (χ2n) is 7.66. The van der Waals surface area contributed by atoms with E-state index >= 15 is 0 Å². The van der Waals surface area contributed by atoms with Gasteiger partial charge in [-0.15, -0.1) is 0 Å². The van der Waals surface area contributed by atoms with E-state index in [-0.39, 0.29) is 23.7 Å². The number of nitrogens with one attached hydrogen (secondary N) is 3. The van der Waals surface area contributed by atoms with Crippen molar-refractivity contribution in [3.63, 3.8) is 0 Å². The van der Waals surface area contributed by atoms with Crippen molar-refractivity contribution in [1.82, 2.24) is 9.97 Å². The molecule has 2 amide bonds. The Morgan fingerprint density at radius 3 is 2.66 bits per heavy atom. The minimum absolute atomic E-state index is 0.119. The molecule has 1 aliphatic heterocycles. The van der Waals surface area contributed by atoms with E-state index in [0.29, 0.717) is 21.6 Å². The van der Waals surface area contributed by atoms with Crippen molar-refractivity contribution in [2.24, 2.45) is 0 Å². The van der Waals surface area contributed by atoms with E-state index in [0.717, 1.165) is 16.7 Å². The normalized spacial score (nSPS) is 15.1. The number of aromatic amines is 1. The Kier molecular flexibility index (Phi) is 6.34. The van der Waals surface area contributed by atoms with Crippen LogP contribution in [0.5, 0.6) is 0 Å². The highest BCUT2D eigenvalue weighted by atomic mass is 35.5. The maximum atomic E-state index is 13.0. The Hall–Kier alpha value is -3.10. The zero-order chi connectivity index (χ0) is 22.8. The predicted molar refractivity (Wildman–Crippen MR) is 126 cm³/mol. The molecule has 0 saturated heterocycles. The van der Waals surface area contributed by atoms with Crippen LogP contribution in [0.1, 0.15) is 34.6 Å². The largest absolute Gasteiger partial charge is 0.325 e. The molecule has 3 N–H and O–H groups in total. The number of rotatable bonds is 5. The number of H-pyrrole nitrogens is 1. The Balaban J connectivity index is 1.57. The van der Waals surface area contributed by atoms with Gasteiger partial charge in [-0.25, -0.2) is 4.98 Å². The van der Waals surface area contributed by atoms with Gasteiger partial charge in [0.15, 0.2) is 5.16 Å². The van der Waals surface area contributed by atoms with Crippen molar-refractivity contribution < 1.29 is 9.59 Å². The van der Waals surface area contributed by atoms with Gasteiger partial charge in [0.05, 0.1) is 11.5 Å². The highest BCUT2D eigenvalue weighted by molar-refractivity contribution is 7.98. The number of aromatic nitrogens is 2. The summed E-state index contributed by atoms with van der Waals surface area (Å²) in [7, 11) is 0. The first kappa shape index (κ1) is 22.1. The van der Waals surface area contributed by atoms with Crippen LogP contribution in [-0.4, -0.2) is 21.8 Å². The first-order valence-electron chi connectivity index (χ1n) is 9.99. The van der Waals surface area contributed by atoms with Gasteiger partial charge in [0.1, 0.15) is 5.82 Å². The zero-order valence-corrected chi connectivity index (χ0v) is 19.1. The second-order valence-corrected chi connectivity index (χ2v) is 9.06. The number of hydrogen-bond donors (Lipinski definition) is 3. The molecule has 0 bridgehead atoms. The van der Waals surface area contributed by atoms with Gasteiger partial charge in [-0.05, 0) is 43.2 Å². The quantitative estimate of drug-likeness (QED) is 0.380. The van der Waals surface area contributed by atoms with Crippen molar-refractivity contribution in [3.05, 3.63) is 80.1 Å². The van der Waals surface area contributed by atoms with Gasteiger partial charge in [-0.2, -0.15) is 0 Å². The lowest BCUT2D eigenvalue weighted by Crippen LogP contribution is -2.36. The molecule has 0 spiro atoms. The summed E-state index contributed by atoms with van der Waals surface area (Å²) in [6.45, 7) is 3.86. The number of aryl methyl sites for hydroxylation is 2. The summed E-state index contributed by atoms with van der Waals surface area (Å²) in [4.78, 5) is 45.3. The van der Waals surface area contributed by atoms with Crippen molar-refractivity contribution in [1.29, 1.82) is 0 Å². The molecule has 0 radical (unpaired) electrons. The van der Waals surface area contributed by atoms with Gasteiger partial charge in [0.25, 0.3) is 5.56 Å². The van der Waals surface area contributed by atoms with E-state index < -0.39 is 17.4 Å². The second kappa shape index (κ2) is 9.18. The third-order valence-electron chi connectivity index (χ3n) is 5.17. The third-order valence-corrected chi connectivity index (χ3v) is 6.37. The summed E-state index contributed by atoms with van der Waals surface area (Å²) in [5.41, 5.74) is 3.37. The number of carbonyl (C=O) groups excluding carboxylic acids is 2. The van der Waals surface area contributed by atoms with Crippen LogP contribution in [0.15, 0.2) is 52.4 Å². The Bertz CT molecular complexity index is 1260. The van der Waals surface area contributed by atoms with E-state index in [4.69, 9.17) is 11.6 Å². The van der Waals surface area contributed by atoms with Gasteiger partial charge in [-0.1, -0.05) is 53.2 Å². The van der Waals surface area contributed by atoms with Gasteiger partial charge in [-0.3, -0.25) is 14.4 Å². The maximum absolute atomic E-state index is 13.0. The molecular formula is C23H21ClN4O3S. The van der Waals surface area contributed by atoms with Crippen molar-refractivity contribution >= 4 is 46.7 Å². The van der Waals surface area contributed by atoms with Crippen LogP contribution >= 0.6 is 23.4 Å². The maximum Gasteiger partial charge on any atom is 0.257 e. The Morgan fingerprint density at radius 2 is 1.94 bits per heavy atom. The molecule has 7 nitrogen and oxygen atoms in total. The molecule has 32 heavy (non-hydrogen) atoms. The fourth-order valence-corrected chi connectivity index (χ4v) is 4.49. The molecule has 9 heteroatoms. The number of halogens is 1. The molecule has 2 aromatic carbocycles. The number of amides is 2. The average Bonchev–Trinajstić information content (AvgIpc) is 2.74. The highest BCUT2D eigenvalue weighted by Gasteiger charge is 2.35. The Morgan fingerprint density at radius 1 is 1.19 bits per heavy atom. The highest BCUT2D eigenvalue weighted by Crippen LogP contribution is 2.31. The zero-order valence-electron chi connectivity index (χ0n) is 17.5. The number of benzene rings is 2. The van der Waals surface area contributed by atoms with E-state index in [1.54, 1.807) is 12.1 Å². The summed E-state index contributed by atoms with van der Waals surface area (Å²) in [6, 6.07) is 13.0. The molecule has 1 atom stereocenters. The molecule has 1 unspecified atom stereocenters. The van der Waals surface area contributed by atoms with Crippen LogP contribution in [0.25, 0.3) is 0 Å². The van der Waals surface area contributed by atoms with Crippen LogP contribution in [0.4, 0.5) is 11.5 Å². The number of nitrogens with zero attached hydrogens (tertiary/aromatic N) is 1. The van der Waals surface area contributed by atoms with E-state index in [2.05, 4.69) is 20.6 Å². The van der Waals surface area contributed by atoms with Crippen LogP contribution in [0, 0.1) is 13.8 Å². The predicted octanol–water partition coefficient (Wildman–Crippen LogP) is 4.40. The minimum atomic E-state index is -0.925. The van der Waals surface area contributed by atoms with Crippen molar-refractivity contribution in [2.45, 2.75) is 37.1 Å². The smallest absolute Gasteiger partial charge is 0.257 e. The van der Waals surface area contributed by atoms with E-state index in [1.165, 1.54) is 11.8 Å². The minimum Gasteiger partial charge on any atom is -0.325 e. The lowest BCUT2D eigenvalue weighted by molar-refractivity contribution is -0.123. The van der Waals surface area contributed by atoms with Crippen LogP contribution < -0.4 is 16.2 Å². The molecule has 2 heterocycles. The average molecular weight is 469 g/mol. The molecule has 164 valence electrons. The number of anilines is 2. The van der Waals surface area contributed by atoms with Gasteiger partial charge in [0.2, 0.25) is 11.8 Å². The standard InChI is InChI=1S/C23H21ClN4O3S/c1-12-3-8-17(13(2)9-12)25-21(30)16-10-18(29)26-20-19(16)22(31)28-23(27-20)32-11-14-4-6-15(24)7-5-14/h3-9,16H,10-11H2,1-2H3,(H,25,30)(H2,26,27,28,29,31). The van der Waals surface area contributed by atoms with Crippen LogP contribution in [0.2, 0.25) is 5.02 Å². The Labute approximate surface area is 194 Å². The number of fused-ring (bicyclic) bond motifs is 1. The summed E-state index contributed by atoms with van der Waals surface area (Å²) < 4.78 is 0. The van der Waals surface area contributed by atoms with Gasteiger partial charge in [0, 0.05) is 22.9 Å². The number of hydrogen-bond acceptors (Lipinski definition) is 5. The summed E-state index contributed by atoms with van der Waals surface area (Å²) >= 11 is 7.23. The molecule has 1 aliphatic rings. The van der Waals surface area contributed by atoms with E-state index in [1.807, 2.05) is 44.2 Å². The number of carbonyl (C=O) groups is 2. The summed E-state index contributed by atoms with van der Waals surface area (Å²) in [5.74, 6) is -1.01. The van der Waals surface area contributed by atoms with Gasteiger partial charge < -0.3 is 15.6 Å². The monoisotopic (exact) mass is 468 g/mol. The molecule has 0 aliphatic carbocycles.